The minimum atomic E-state index is -0.753. The van der Waals surface area contributed by atoms with Gasteiger partial charge >= 0.3 is 0 Å². The van der Waals surface area contributed by atoms with E-state index >= 15 is 0 Å². The number of benzene rings is 1. The maximum atomic E-state index is 13.1. The van der Waals surface area contributed by atoms with E-state index in [0.717, 1.165) is 3.57 Å². The average Bonchev–Trinajstić information content (AvgIpc) is 2.72. The molecular weight excluding hydrogens is 443 g/mol. The second kappa shape index (κ2) is 7.29. The van der Waals surface area contributed by atoms with Gasteiger partial charge in [0, 0.05) is 15.5 Å². The minimum Gasteiger partial charge on any atom is -0.325 e. The first-order valence-electron chi connectivity index (χ1n) is 8.76. The average molecular weight is 470 g/mol. The first kappa shape index (κ1) is 20.9. The Morgan fingerprint density at radius 3 is 2.12 bits per heavy atom. The summed E-state index contributed by atoms with van der Waals surface area (Å²) in [5.41, 5.74) is -0.187. The Kier molecular flexibility index (Phi) is 5.85. The Morgan fingerprint density at radius 2 is 1.65 bits per heavy atom. The monoisotopic (exact) mass is 470 g/mol. The summed E-state index contributed by atoms with van der Waals surface area (Å²) in [7, 11) is 0. The van der Waals surface area contributed by atoms with Crippen LogP contribution in [0.1, 0.15) is 54.4 Å². The number of carbonyl (C=O) groups excluding carboxylic acids is 3. The largest absolute Gasteiger partial charge is 0.325 e. The molecule has 0 radical (unpaired) electrons. The lowest BCUT2D eigenvalue weighted by atomic mass is 9.89. The molecule has 5 nitrogen and oxygen atoms in total. The molecule has 1 atom stereocenters. The van der Waals surface area contributed by atoms with Crippen LogP contribution < -0.4 is 4.90 Å². The molecule has 6 heteroatoms. The molecule has 0 spiro atoms. The number of anilines is 1. The Balaban J connectivity index is 2.35. The lowest BCUT2D eigenvalue weighted by Gasteiger charge is -2.40. The van der Waals surface area contributed by atoms with Gasteiger partial charge < -0.3 is 4.90 Å². The lowest BCUT2D eigenvalue weighted by Crippen LogP contribution is -2.55. The number of halogens is 1. The van der Waals surface area contributed by atoms with Crippen molar-refractivity contribution in [1.82, 2.24) is 4.90 Å². The van der Waals surface area contributed by atoms with Gasteiger partial charge in [-0.15, -0.1) is 0 Å². The summed E-state index contributed by atoms with van der Waals surface area (Å²) in [6.07, 6.45) is 0.351. The number of amides is 3. The van der Waals surface area contributed by atoms with Gasteiger partial charge in [0.15, 0.2) is 0 Å². The van der Waals surface area contributed by atoms with Crippen LogP contribution in [0.25, 0.3) is 0 Å². The summed E-state index contributed by atoms with van der Waals surface area (Å²) in [6, 6.07) is 6.49. The summed E-state index contributed by atoms with van der Waals surface area (Å²) >= 11 is 2.18. The minimum absolute atomic E-state index is 0.0258. The molecule has 1 aliphatic rings. The molecule has 2 rings (SSSR count). The number of rotatable bonds is 3. The molecule has 0 aromatic heterocycles. The molecule has 1 aromatic rings. The van der Waals surface area contributed by atoms with Crippen LogP contribution in [0.3, 0.4) is 0 Å². The van der Waals surface area contributed by atoms with Crippen molar-refractivity contribution in [3.8, 4) is 0 Å². The molecule has 1 unspecified atom stereocenters. The quantitative estimate of drug-likeness (QED) is 0.496. The third kappa shape index (κ3) is 4.64. The lowest BCUT2D eigenvalue weighted by molar-refractivity contribution is -0.145. The number of nitrogens with zero attached hydrogens (tertiary/aromatic N) is 2. The second-order valence-corrected chi connectivity index (χ2v) is 10.2. The number of hydrogen-bond acceptors (Lipinski definition) is 3. The van der Waals surface area contributed by atoms with Crippen LogP contribution in [0.2, 0.25) is 0 Å². The van der Waals surface area contributed by atoms with Crippen molar-refractivity contribution in [2.75, 3.05) is 4.90 Å². The van der Waals surface area contributed by atoms with Crippen LogP contribution in [0.4, 0.5) is 5.69 Å². The smallest absolute Gasteiger partial charge is 0.257 e. The van der Waals surface area contributed by atoms with Gasteiger partial charge in [-0.05, 0) is 73.0 Å². The highest BCUT2D eigenvalue weighted by Crippen LogP contribution is 2.32. The van der Waals surface area contributed by atoms with Gasteiger partial charge in [-0.25, -0.2) is 4.90 Å². The number of carbonyl (C=O) groups is 3. The van der Waals surface area contributed by atoms with Crippen molar-refractivity contribution in [1.29, 1.82) is 0 Å². The Bertz CT molecular complexity index is 714. The zero-order valence-electron chi connectivity index (χ0n) is 16.3. The second-order valence-electron chi connectivity index (χ2n) is 8.94. The van der Waals surface area contributed by atoms with Gasteiger partial charge in [0.05, 0.1) is 12.1 Å². The SMILES string of the molecule is CC(C)(C)CC(=O)N(C1CC(=O)N(c2ccc(I)cc2)C1=O)C(C)(C)C. The Hall–Kier alpha value is -1.44. The molecule has 3 amide bonds. The molecule has 0 aliphatic carbocycles. The van der Waals surface area contributed by atoms with E-state index < -0.39 is 11.6 Å². The van der Waals surface area contributed by atoms with E-state index in [4.69, 9.17) is 0 Å². The first-order valence-corrected chi connectivity index (χ1v) is 9.84. The molecule has 0 saturated carbocycles. The highest BCUT2D eigenvalue weighted by atomic mass is 127. The molecule has 1 aliphatic heterocycles. The van der Waals surface area contributed by atoms with Gasteiger partial charge in [0.25, 0.3) is 5.91 Å². The van der Waals surface area contributed by atoms with E-state index in [-0.39, 0.29) is 29.6 Å². The van der Waals surface area contributed by atoms with E-state index in [9.17, 15) is 14.4 Å². The van der Waals surface area contributed by atoms with Crippen molar-refractivity contribution in [2.45, 2.75) is 66.0 Å². The van der Waals surface area contributed by atoms with Gasteiger partial charge in [0.1, 0.15) is 6.04 Å². The Labute approximate surface area is 169 Å². The van der Waals surface area contributed by atoms with Crippen LogP contribution in [0, 0.1) is 8.99 Å². The van der Waals surface area contributed by atoms with E-state index in [1.54, 1.807) is 17.0 Å². The van der Waals surface area contributed by atoms with E-state index in [1.807, 2.05) is 53.7 Å². The summed E-state index contributed by atoms with van der Waals surface area (Å²) in [5, 5.41) is 0. The summed E-state index contributed by atoms with van der Waals surface area (Å²) in [4.78, 5) is 41.4. The third-order valence-electron chi connectivity index (χ3n) is 4.19. The maximum absolute atomic E-state index is 13.1. The molecule has 0 N–H and O–H groups in total. The predicted octanol–water partition coefficient (Wildman–Crippen LogP) is 3.99. The highest BCUT2D eigenvalue weighted by Gasteiger charge is 2.47. The van der Waals surface area contributed by atoms with E-state index in [0.29, 0.717) is 12.1 Å². The van der Waals surface area contributed by atoms with Gasteiger partial charge in [-0.1, -0.05) is 20.8 Å². The normalized spacial score (nSPS) is 18.4. The van der Waals surface area contributed by atoms with Crippen LogP contribution in [-0.4, -0.2) is 34.2 Å². The zero-order chi connectivity index (χ0) is 19.9. The van der Waals surface area contributed by atoms with Crippen LogP contribution in [0.5, 0.6) is 0 Å². The molecule has 1 saturated heterocycles. The standard InChI is InChI=1S/C20H27IN2O3/c1-19(2,3)12-17(25)23(20(4,5)6)15-11-16(24)22(18(15)26)14-9-7-13(21)8-10-14/h7-10,15H,11-12H2,1-6H3. The third-order valence-corrected chi connectivity index (χ3v) is 4.91. The van der Waals surface area contributed by atoms with Crippen LogP contribution in [0.15, 0.2) is 24.3 Å². The maximum Gasteiger partial charge on any atom is 0.257 e. The fraction of sp³-hybridized carbons (Fsp3) is 0.550. The van der Waals surface area contributed by atoms with Gasteiger partial charge in [-0.3, -0.25) is 14.4 Å². The molecule has 0 bridgehead atoms. The van der Waals surface area contributed by atoms with Crippen molar-refractivity contribution >= 4 is 46.0 Å². The summed E-state index contributed by atoms with van der Waals surface area (Å²) < 4.78 is 1.03. The summed E-state index contributed by atoms with van der Waals surface area (Å²) in [6.45, 7) is 11.7. The van der Waals surface area contributed by atoms with Crippen molar-refractivity contribution in [3.05, 3.63) is 27.8 Å². The first-order chi connectivity index (χ1) is 11.8. The van der Waals surface area contributed by atoms with E-state index in [1.165, 1.54) is 4.90 Å². The molecular formula is C20H27IN2O3. The highest BCUT2D eigenvalue weighted by molar-refractivity contribution is 14.1. The van der Waals surface area contributed by atoms with Crippen molar-refractivity contribution in [3.63, 3.8) is 0 Å². The van der Waals surface area contributed by atoms with Crippen LogP contribution in [-0.2, 0) is 14.4 Å². The van der Waals surface area contributed by atoms with Crippen molar-refractivity contribution < 1.29 is 14.4 Å². The van der Waals surface area contributed by atoms with E-state index in [2.05, 4.69) is 22.6 Å². The Morgan fingerprint density at radius 1 is 1.12 bits per heavy atom. The molecule has 142 valence electrons. The predicted molar refractivity (Wildman–Crippen MR) is 111 cm³/mol. The molecule has 26 heavy (non-hydrogen) atoms. The number of hydrogen-bond donors (Lipinski definition) is 0. The van der Waals surface area contributed by atoms with Gasteiger partial charge in [0.2, 0.25) is 11.8 Å². The number of imide groups is 1. The van der Waals surface area contributed by atoms with Crippen molar-refractivity contribution in [2.24, 2.45) is 5.41 Å². The topological polar surface area (TPSA) is 57.7 Å². The van der Waals surface area contributed by atoms with Crippen LogP contribution >= 0.6 is 22.6 Å². The summed E-state index contributed by atoms with van der Waals surface area (Å²) in [5.74, 6) is -0.687. The molecule has 1 aromatic carbocycles. The fourth-order valence-electron chi connectivity index (χ4n) is 3.23. The fourth-order valence-corrected chi connectivity index (χ4v) is 3.59. The molecule has 1 fully saturated rings. The zero-order valence-corrected chi connectivity index (χ0v) is 18.5. The molecule has 1 heterocycles. The van der Waals surface area contributed by atoms with Gasteiger partial charge in [-0.2, -0.15) is 0 Å².